The van der Waals surface area contributed by atoms with E-state index in [0.29, 0.717) is 10.9 Å². The Balaban J connectivity index is 2.36. The molecule has 1 aromatic carbocycles. The lowest BCUT2D eigenvalue weighted by Crippen LogP contribution is -2.41. The zero-order valence-corrected chi connectivity index (χ0v) is 11.7. The second kappa shape index (κ2) is 5.63. The molecule has 2 aromatic rings. The Morgan fingerprint density at radius 2 is 2.15 bits per heavy atom. The second-order valence-corrected chi connectivity index (χ2v) is 5.18. The van der Waals surface area contributed by atoms with Crippen molar-refractivity contribution >= 4 is 16.9 Å². The maximum Gasteiger partial charge on any atom is 0.287 e. The molecule has 0 fully saturated rings. The van der Waals surface area contributed by atoms with E-state index >= 15 is 0 Å². The molecule has 1 aromatic heterocycles. The molecule has 0 aliphatic heterocycles. The van der Waals surface area contributed by atoms with E-state index in [1.807, 2.05) is 13.8 Å². The van der Waals surface area contributed by atoms with Crippen molar-refractivity contribution in [3.63, 3.8) is 0 Å². The fourth-order valence-electron chi connectivity index (χ4n) is 2.08. The van der Waals surface area contributed by atoms with Gasteiger partial charge in [-0.2, -0.15) is 0 Å². The molecular weight excluding hydrogens is 261 g/mol. The molecule has 2 rings (SSSR count). The Kier molecular flexibility index (Phi) is 4.09. The highest BCUT2D eigenvalue weighted by Gasteiger charge is 2.22. The fraction of sp³-hybridized carbons (Fsp3) is 0.400. The minimum absolute atomic E-state index is 0.0836. The number of rotatable bonds is 4. The molecule has 20 heavy (non-hydrogen) atoms. The monoisotopic (exact) mass is 279 g/mol. The summed E-state index contributed by atoms with van der Waals surface area (Å²) in [4.78, 5) is 12.2. The van der Waals surface area contributed by atoms with E-state index < -0.39 is 11.7 Å². The van der Waals surface area contributed by atoms with E-state index in [4.69, 9.17) is 4.42 Å². The number of fused-ring (bicyclic) bond motifs is 1. The number of carbonyl (C=O) groups is 1. The fourth-order valence-corrected chi connectivity index (χ4v) is 2.08. The van der Waals surface area contributed by atoms with Crippen molar-refractivity contribution in [3.8, 4) is 0 Å². The number of hydrogen-bond acceptors (Lipinski definition) is 3. The molecule has 0 aliphatic rings. The first kappa shape index (κ1) is 14.5. The highest BCUT2D eigenvalue weighted by Crippen LogP contribution is 2.27. The van der Waals surface area contributed by atoms with Gasteiger partial charge in [-0.25, -0.2) is 4.39 Å². The van der Waals surface area contributed by atoms with Crippen LogP contribution in [0, 0.1) is 18.7 Å². The number of benzene rings is 1. The Bertz CT molecular complexity index is 633. The van der Waals surface area contributed by atoms with Gasteiger partial charge in [-0.15, -0.1) is 0 Å². The van der Waals surface area contributed by atoms with Gasteiger partial charge >= 0.3 is 0 Å². The lowest BCUT2D eigenvalue weighted by Gasteiger charge is -2.19. The number of aliphatic hydroxyl groups excluding tert-OH is 1. The van der Waals surface area contributed by atoms with Crippen LogP contribution >= 0.6 is 0 Å². The number of para-hydroxylation sites is 1. The first-order valence-corrected chi connectivity index (χ1v) is 6.55. The van der Waals surface area contributed by atoms with Gasteiger partial charge in [-0.1, -0.05) is 26.0 Å². The van der Waals surface area contributed by atoms with Gasteiger partial charge in [0.25, 0.3) is 5.91 Å². The summed E-state index contributed by atoms with van der Waals surface area (Å²) >= 11 is 0. The Hall–Kier alpha value is -1.88. The molecule has 108 valence electrons. The van der Waals surface area contributed by atoms with Gasteiger partial charge in [0.2, 0.25) is 0 Å². The molecule has 0 spiro atoms. The number of amides is 1. The molecule has 0 saturated heterocycles. The number of nitrogens with one attached hydrogen (secondary N) is 1. The van der Waals surface area contributed by atoms with Gasteiger partial charge < -0.3 is 14.8 Å². The molecule has 0 bridgehead atoms. The molecule has 1 heterocycles. The van der Waals surface area contributed by atoms with Gasteiger partial charge in [0, 0.05) is 10.9 Å². The van der Waals surface area contributed by atoms with Crippen LogP contribution in [0.5, 0.6) is 0 Å². The van der Waals surface area contributed by atoms with Gasteiger partial charge in [-0.3, -0.25) is 4.79 Å². The predicted molar refractivity (Wildman–Crippen MR) is 74.1 cm³/mol. The van der Waals surface area contributed by atoms with E-state index in [2.05, 4.69) is 5.32 Å². The molecule has 4 nitrogen and oxygen atoms in total. The molecule has 1 unspecified atom stereocenters. The molecule has 0 aliphatic carbocycles. The number of carbonyl (C=O) groups excluding carboxylic acids is 1. The van der Waals surface area contributed by atoms with Crippen LogP contribution in [0.25, 0.3) is 11.0 Å². The van der Waals surface area contributed by atoms with Crippen molar-refractivity contribution in [1.29, 1.82) is 0 Å². The summed E-state index contributed by atoms with van der Waals surface area (Å²) in [6.45, 7) is 5.35. The van der Waals surface area contributed by atoms with Crippen molar-refractivity contribution in [2.45, 2.75) is 26.8 Å². The molecule has 1 amide bonds. The number of halogens is 1. The van der Waals surface area contributed by atoms with Crippen LogP contribution in [0.15, 0.2) is 22.6 Å². The molecule has 1 atom stereocenters. The largest absolute Gasteiger partial charge is 0.448 e. The molecule has 0 saturated carbocycles. The van der Waals surface area contributed by atoms with Crippen molar-refractivity contribution in [1.82, 2.24) is 5.32 Å². The van der Waals surface area contributed by atoms with Crippen LogP contribution in [0.1, 0.15) is 30.0 Å². The first-order valence-electron chi connectivity index (χ1n) is 6.55. The average molecular weight is 279 g/mol. The lowest BCUT2D eigenvalue weighted by atomic mass is 10.1. The zero-order chi connectivity index (χ0) is 14.9. The minimum Gasteiger partial charge on any atom is -0.448 e. The summed E-state index contributed by atoms with van der Waals surface area (Å²) in [6, 6.07) is 4.21. The van der Waals surface area contributed by atoms with E-state index in [9.17, 15) is 14.3 Å². The van der Waals surface area contributed by atoms with Crippen LogP contribution in [0.3, 0.4) is 0 Å². The minimum atomic E-state index is -0.493. The highest BCUT2D eigenvalue weighted by atomic mass is 19.1. The third-order valence-corrected chi connectivity index (χ3v) is 3.44. The summed E-state index contributed by atoms with van der Waals surface area (Å²) in [6.07, 6.45) is 0. The Labute approximate surface area is 116 Å². The zero-order valence-electron chi connectivity index (χ0n) is 11.7. The number of aliphatic hydroxyl groups is 1. The van der Waals surface area contributed by atoms with E-state index in [1.165, 1.54) is 6.07 Å². The molecule has 5 heteroatoms. The third-order valence-electron chi connectivity index (χ3n) is 3.44. The lowest BCUT2D eigenvalue weighted by molar-refractivity contribution is 0.0870. The average Bonchev–Trinajstić information content (AvgIpc) is 2.75. The maximum absolute atomic E-state index is 13.6. The molecule has 2 N–H and O–H groups in total. The van der Waals surface area contributed by atoms with Crippen molar-refractivity contribution in [3.05, 3.63) is 35.3 Å². The normalized spacial score (nSPS) is 12.9. The first-order chi connectivity index (χ1) is 9.45. The maximum atomic E-state index is 13.6. The number of furan rings is 1. The predicted octanol–water partition coefficient (Wildman–Crippen LogP) is 2.63. The van der Waals surface area contributed by atoms with Crippen molar-refractivity contribution in [2.75, 3.05) is 6.61 Å². The Morgan fingerprint density at radius 3 is 2.70 bits per heavy atom. The van der Waals surface area contributed by atoms with E-state index in [1.54, 1.807) is 19.1 Å². The van der Waals surface area contributed by atoms with Crippen LogP contribution in [0.2, 0.25) is 0 Å². The standard InChI is InChI=1S/C15H18FNO3/c1-8(2)12(7-18)17-15(19)13-9(3)10-5-4-6-11(16)14(10)20-13/h4-6,8,12,18H,7H2,1-3H3,(H,17,19). The second-order valence-electron chi connectivity index (χ2n) is 5.18. The quantitative estimate of drug-likeness (QED) is 0.904. The van der Waals surface area contributed by atoms with Gasteiger partial charge in [-0.05, 0) is 18.9 Å². The van der Waals surface area contributed by atoms with E-state index in [-0.39, 0.29) is 29.9 Å². The Morgan fingerprint density at radius 1 is 1.45 bits per heavy atom. The van der Waals surface area contributed by atoms with Crippen LogP contribution < -0.4 is 5.32 Å². The summed E-state index contributed by atoms with van der Waals surface area (Å²) in [5.74, 6) is -0.757. The van der Waals surface area contributed by atoms with Gasteiger partial charge in [0.15, 0.2) is 17.2 Å². The van der Waals surface area contributed by atoms with Gasteiger partial charge in [0.1, 0.15) is 0 Å². The summed E-state index contributed by atoms with van der Waals surface area (Å²) < 4.78 is 19.0. The SMILES string of the molecule is Cc1c(C(=O)NC(CO)C(C)C)oc2c(F)cccc12. The third kappa shape index (κ3) is 2.54. The summed E-state index contributed by atoms with van der Waals surface area (Å²) in [5, 5.41) is 12.5. The van der Waals surface area contributed by atoms with E-state index in [0.717, 1.165) is 0 Å². The van der Waals surface area contributed by atoms with Crippen LogP contribution in [0.4, 0.5) is 4.39 Å². The molecular formula is C15H18FNO3. The topological polar surface area (TPSA) is 62.5 Å². The van der Waals surface area contributed by atoms with Crippen LogP contribution in [-0.4, -0.2) is 23.7 Å². The smallest absolute Gasteiger partial charge is 0.287 e. The van der Waals surface area contributed by atoms with Gasteiger partial charge in [0.05, 0.1) is 12.6 Å². The van der Waals surface area contributed by atoms with Crippen molar-refractivity contribution < 1.29 is 18.7 Å². The van der Waals surface area contributed by atoms with Crippen LogP contribution in [-0.2, 0) is 0 Å². The summed E-state index contributed by atoms with van der Waals surface area (Å²) in [7, 11) is 0. The summed E-state index contributed by atoms with van der Waals surface area (Å²) in [5.41, 5.74) is 0.678. The highest BCUT2D eigenvalue weighted by molar-refractivity contribution is 5.99. The molecule has 0 radical (unpaired) electrons. The number of aryl methyl sites for hydroxylation is 1. The number of hydrogen-bond donors (Lipinski definition) is 2. The van der Waals surface area contributed by atoms with Crippen molar-refractivity contribution in [2.24, 2.45) is 5.92 Å².